The molecule has 5 aromatic rings. The predicted molar refractivity (Wildman–Crippen MR) is 164 cm³/mol. The van der Waals surface area contributed by atoms with Crippen molar-refractivity contribution < 1.29 is 13.5 Å². The monoisotopic (exact) mass is 571 g/mol. The van der Waals surface area contributed by atoms with Gasteiger partial charge in [0.25, 0.3) is 0 Å². The second-order valence-corrected chi connectivity index (χ2v) is 12.5. The molecule has 8 nitrogen and oxygen atoms in total. The number of anilines is 1. The summed E-state index contributed by atoms with van der Waals surface area (Å²) in [6.45, 7) is 6.76. The topological polar surface area (TPSA) is 122 Å². The Balaban J connectivity index is 1.57. The third kappa shape index (κ3) is 5.46. The molecular weight excluding hydrogens is 542 g/mol. The van der Waals surface area contributed by atoms with Gasteiger partial charge in [0.05, 0.1) is 17.7 Å². The summed E-state index contributed by atoms with van der Waals surface area (Å²) in [5.41, 5.74) is 3.24. The van der Waals surface area contributed by atoms with E-state index in [1.54, 1.807) is 12.1 Å². The Bertz CT molecular complexity index is 1900. The zero-order valence-electron chi connectivity index (χ0n) is 22.3. The van der Waals surface area contributed by atoms with Gasteiger partial charge >= 0.3 is 0 Å². The number of azo groups is 1. The van der Waals surface area contributed by atoms with E-state index in [1.807, 2.05) is 41.0 Å². The molecule has 0 spiro atoms. The van der Waals surface area contributed by atoms with E-state index in [9.17, 15) is 13.5 Å². The van der Waals surface area contributed by atoms with Gasteiger partial charge in [0.2, 0.25) is 21.0 Å². The van der Waals surface area contributed by atoms with E-state index in [1.165, 1.54) is 12.1 Å². The van der Waals surface area contributed by atoms with Gasteiger partial charge in [-0.05, 0) is 63.8 Å². The molecule has 4 N–H and O–H groups in total. The third-order valence-corrected chi connectivity index (χ3v) is 7.91. The zero-order valence-corrected chi connectivity index (χ0v) is 23.9. The second kappa shape index (κ2) is 10.5. The van der Waals surface area contributed by atoms with E-state index >= 15 is 0 Å². The smallest absolute Gasteiger partial charge is 0.240 e. The number of thiocarbonyl (C=S) groups is 1. The molecule has 5 rings (SSSR count). The van der Waals surface area contributed by atoms with Gasteiger partial charge in [-0.2, -0.15) is 0 Å². The van der Waals surface area contributed by atoms with Crippen LogP contribution in [0.2, 0.25) is 0 Å². The van der Waals surface area contributed by atoms with Crippen LogP contribution in [0.1, 0.15) is 31.9 Å². The number of benzene rings is 4. The van der Waals surface area contributed by atoms with Crippen LogP contribution in [0.25, 0.3) is 21.7 Å². The van der Waals surface area contributed by atoms with Crippen LogP contribution in [-0.4, -0.2) is 23.2 Å². The molecule has 0 fully saturated rings. The molecule has 204 valence electrons. The first kappa shape index (κ1) is 27.4. The molecule has 0 atom stereocenters. The Hall–Kier alpha value is -4.12. The van der Waals surface area contributed by atoms with Crippen LogP contribution in [0.4, 0.5) is 11.4 Å². The molecule has 1 heterocycles. The van der Waals surface area contributed by atoms with Crippen LogP contribution in [0.3, 0.4) is 0 Å². The number of rotatable bonds is 5. The molecule has 0 radical (unpaired) electrons. The summed E-state index contributed by atoms with van der Waals surface area (Å²) < 4.78 is 25.7. The maximum atomic E-state index is 12.0. The lowest BCUT2D eigenvalue weighted by Gasteiger charge is -2.19. The number of fused-ring (bicyclic) bond motifs is 2. The summed E-state index contributed by atoms with van der Waals surface area (Å²) in [7, 11) is -3.98. The number of nitrogens with one attached hydrogen (secondary N) is 1. The molecule has 0 saturated heterocycles. The van der Waals surface area contributed by atoms with E-state index < -0.39 is 10.0 Å². The first-order chi connectivity index (χ1) is 18.9. The number of hydrogen-bond acceptors (Lipinski definition) is 5. The number of sulfonamides is 1. The van der Waals surface area contributed by atoms with Crippen molar-refractivity contribution in [1.82, 2.24) is 4.57 Å². The van der Waals surface area contributed by atoms with Gasteiger partial charge in [0, 0.05) is 5.39 Å². The standard InChI is InChI=1S/C30H29N5O3S2/c1-30(2,3)21-15-16-25-23(17-21)27(33-34-29(39)32-24-13-6-7-14-26(24)40(31,37)38)28(36)35(25)18-20-11-8-10-19-9-4-5-12-22(19)20/h4-17,36H,18H2,1-3H3,(H,32,39)(H2,31,37,38). The van der Waals surface area contributed by atoms with Gasteiger partial charge in [-0.25, -0.2) is 13.6 Å². The Morgan fingerprint density at radius 2 is 1.68 bits per heavy atom. The SMILES string of the molecule is CC(C)(C)c1ccc2c(c1)c(N=NC(=S)Nc1ccccc1S(N)(=O)=O)c(O)n2Cc1cccc2ccccc12. The van der Waals surface area contributed by atoms with Crippen molar-refractivity contribution >= 4 is 60.4 Å². The highest BCUT2D eigenvalue weighted by Gasteiger charge is 2.22. The Morgan fingerprint density at radius 3 is 2.42 bits per heavy atom. The van der Waals surface area contributed by atoms with Crippen molar-refractivity contribution in [3.63, 3.8) is 0 Å². The van der Waals surface area contributed by atoms with Gasteiger partial charge in [-0.3, -0.25) is 0 Å². The lowest BCUT2D eigenvalue weighted by Crippen LogP contribution is -2.16. The van der Waals surface area contributed by atoms with Crippen LogP contribution < -0.4 is 10.5 Å². The quantitative estimate of drug-likeness (QED) is 0.155. The zero-order chi connectivity index (χ0) is 28.7. The van der Waals surface area contributed by atoms with Gasteiger partial charge < -0.3 is 15.0 Å². The van der Waals surface area contributed by atoms with E-state index in [2.05, 4.69) is 60.6 Å². The highest BCUT2D eigenvalue weighted by molar-refractivity contribution is 7.89. The van der Waals surface area contributed by atoms with Crippen molar-refractivity contribution in [2.45, 2.75) is 37.6 Å². The fourth-order valence-corrected chi connectivity index (χ4v) is 5.55. The molecule has 0 saturated carbocycles. The maximum absolute atomic E-state index is 12.0. The minimum absolute atomic E-state index is 0.0505. The van der Waals surface area contributed by atoms with Crippen molar-refractivity contribution in [3.8, 4) is 5.88 Å². The summed E-state index contributed by atoms with van der Waals surface area (Å²) in [6, 6.07) is 26.4. The number of hydrogen-bond donors (Lipinski definition) is 3. The molecule has 40 heavy (non-hydrogen) atoms. The summed E-state index contributed by atoms with van der Waals surface area (Å²) in [4.78, 5) is -0.114. The number of primary sulfonamides is 1. The first-order valence-corrected chi connectivity index (χ1v) is 14.6. The molecule has 0 amide bonds. The van der Waals surface area contributed by atoms with Gasteiger partial charge in [0.1, 0.15) is 4.90 Å². The minimum Gasteiger partial charge on any atom is -0.493 e. The lowest BCUT2D eigenvalue weighted by atomic mass is 9.86. The average molecular weight is 572 g/mol. The number of nitrogens with zero attached hydrogens (tertiary/aromatic N) is 3. The van der Waals surface area contributed by atoms with Crippen molar-refractivity contribution in [2.75, 3.05) is 5.32 Å². The Morgan fingerprint density at radius 1 is 0.975 bits per heavy atom. The fraction of sp³-hybridized carbons (Fsp3) is 0.167. The molecular formula is C30H29N5O3S2. The largest absolute Gasteiger partial charge is 0.493 e. The molecule has 10 heteroatoms. The van der Waals surface area contributed by atoms with E-state index in [0.29, 0.717) is 6.54 Å². The first-order valence-electron chi connectivity index (χ1n) is 12.6. The van der Waals surface area contributed by atoms with E-state index in [4.69, 9.17) is 17.4 Å². The van der Waals surface area contributed by atoms with Gasteiger partial charge in [0.15, 0.2) is 5.69 Å². The minimum atomic E-state index is -3.98. The summed E-state index contributed by atoms with van der Waals surface area (Å²) >= 11 is 5.34. The molecule has 0 aliphatic carbocycles. The van der Waals surface area contributed by atoms with Crippen molar-refractivity contribution in [2.24, 2.45) is 15.4 Å². The van der Waals surface area contributed by atoms with Crippen LogP contribution in [0.15, 0.2) is 100 Å². The molecule has 0 aliphatic heterocycles. The Kier molecular flexibility index (Phi) is 7.17. The summed E-state index contributed by atoms with van der Waals surface area (Å²) in [5, 5.41) is 30.9. The van der Waals surface area contributed by atoms with Crippen LogP contribution in [0, 0.1) is 0 Å². The molecule has 0 bridgehead atoms. The molecule has 0 aliphatic rings. The predicted octanol–water partition coefficient (Wildman–Crippen LogP) is 6.97. The van der Waals surface area contributed by atoms with Gasteiger partial charge in [-0.15, -0.1) is 10.2 Å². The maximum Gasteiger partial charge on any atom is 0.240 e. The van der Waals surface area contributed by atoms with Crippen LogP contribution >= 0.6 is 12.2 Å². The average Bonchev–Trinajstić information content (AvgIpc) is 3.16. The highest BCUT2D eigenvalue weighted by Crippen LogP contribution is 2.41. The fourth-order valence-electron chi connectivity index (χ4n) is 4.70. The number of para-hydroxylation sites is 1. The van der Waals surface area contributed by atoms with Gasteiger partial charge in [-0.1, -0.05) is 81.4 Å². The van der Waals surface area contributed by atoms with Crippen molar-refractivity contribution in [3.05, 3.63) is 96.1 Å². The third-order valence-electron chi connectivity index (χ3n) is 6.76. The number of aromatic nitrogens is 1. The number of nitrogens with two attached hydrogens (primary N) is 1. The van der Waals surface area contributed by atoms with E-state index in [-0.39, 0.29) is 32.7 Å². The van der Waals surface area contributed by atoms with Crippen LogP contribution in [-0.2, 0) is 22.0 Å². The lowest BCUT2D eigenvalue weighted by molar-refractivity contribution is 0.430. The summed E-state index contributed by atoms with van der Waals surface area (Å²) in [6.07, 6.45) is 0. The molecule has 1 aromatic heterocycles. The van der Waals surface area contributed by atoms with Crippen molar-refractivity contribution in [1.29, 1.82) is 0 Å². The molecule has 4 aromatic carbocycles. The highest BCUT2D eigenvalue weighted by atomic mass is 32.2. The second-order valence-electron chi connectivity index (χ2n) is 10.5. The molecule has 0 unspecified atom stereocenters. The van der Waals surface area contributed by atoms with Crippen LogP contribution in [0.5, 0.6) is 5.88 Å². The van der Waals surface area contributed by atoms with E-state index in [0.717, 1.165) is 32.8 Å². The number of aromatic hydroxyl groups is 1. The Labute approximate surface area is 238 Å². The summed E-state index contributed by atoms with van der Waals surface area (Å²) in [5.74, 6) is -0.0505. The normalized spacial score (nSPS) is 12.4.